The van der Waals surface area contributed by atoms with E-state index in [0.717, 1.165) is 24.0 Å². The van der Waals surface area contributed by atoms with E-state index in [2.05, 4.69) is 39.8 Å². The molecule has 0 fully saturated rings. The van der Waals surface area contributed by atoms with Crippen molar-refractivity contribution in [2.45, 2.75) is 46.0 Å². The molecule has 90 valence electrons. The van der Waals surface area contributed by atoms with Gasteiger partial charge in [-0.3, -0.25) is 0 Å². The van der Waals surface area contributed by atoms with Crippen LogP contribution in [-0.4, -0.2) is 11.7 Å². The normalized spacial score (nSPS) is 11.8. The second kappa shape index (κ2) is 4.88. The summed E-state index contributed by atoms with van der Waals surface area (Å²) in [5, 5.41) is 10.2. The lowest BCUT2D eigenvalue weighted by Gasteiger charge is -2.23. The van der Waals surface area contributed by atoms with E-state index in [4.69, 9.17) is 5.73 Å². The largest absolute Gasteiger partial charge is 0.507 e. The van der Waals surface area contributed by atoms with E-state index in [9.17, 15) is 5.11 Å². The van der Waals surface area contributed by atoms with Crippen LogP contribution in [0.15, 0.2) is 12.1 Å². The minimum Gasteiger partial charge on any atom is -0.507 e. The predicted octanol–water partition coefficient (Wildman–Crippen LogP) is 2.89. The standard InChI is InChI=1S/C14H23NO/c1-10-8-11(6-5-7-15)13(16)12(9-10)14(2,3)4/h8-9,16H,5-7,15H2,1-4H3. The second-order valence-electron chi connectivity index (χ2n) is 5.46. The Labute approximate surface area is 98.5 Å². The number of aryl methyl sites for hydroxylation is 2. The van der Waals surface area contributed by atoms with Crippen LogP contribution in [0.1, 0.15) is 43.9 Å². The zero-order chi connectivity index (χ0) is 12.3. The van der Waals surface area contributed by atoms with Crippen LogP contribution >= 0.6 is 0 Å². The fourth-order valence-electron chi connectivity index (χ4n) is 1.91. The molecule has 0 amide bonds. The fourth-order valence-corrected chi connectivity index (χ4v) is 1.91. The highest BCUT2D eigenvalue weighted by Crippen LogP contribution is 2.34. The average Bonchev–Trinajstić information content (AvgIpc) is 2.17. The molecule has 1 aromatic carbocycles. The van der Waals surface area contributed by atoms with E-state index in [1.807, 2.05) is 0 Å². The number of benzene rings is 1. The molecule has 16 heavy (non-hydrogen) atoms. The third-order valence-electron chi connectivity index (χ3n) is 2.79. The highest BCUT2D eigenvalue weighted by atomic mass is 16.3. The minimum absolute atomic E-state index is 0.0203. The average molecular weight is 221 g/mol. The Morgan fingerprint density at radius 2 is 1.88 bits per heavy atom. The van der Waals surface area contributed by atoms with Crippen molar-refractivity contribution in [2.75, 3.05) is 6.54 Å². The number of aromatic hydroxyl groups is 1. The van der Waals surface area contributed by atoms with Gasteiger partial charge in [-0.15, -0.1) is 0 Å². The van der Waals surface area contributed by atoms with Crippen LogP contribution < -0.4 is 5.73 Å². The molecule has 1 aromatic rings. The Bertz CT molecular complexity index is 364. The van der Waals surface area contributed by atoms with Crippen molar-refractivity contribution in [3.8, 4) is 5.75 Å². The smallest absolute Gasteiger partial charge is 0.122 e. The second-order valence-corrected chi connectivity index (χ2v) is 5.46. The van der Waals surface area contributed by atoms with Gasteiger partial charge in [-0.2, -0.15) is 0 Å². The van der Waals surface area contributed by atoms with Gasteiger partial charge in [-0.1, -0.05) is 38.5 Å². The maximum Gasteiger partial charge on any atom is 0.122 e. The predicted molar refractivity (Wildman–Crippen MR) is 68.9 cm³/mol. The number of hydrogen-bond acceptors (Lipinski definition) is 2. The lowest BCUT2D eigenvalue weighted by Crippen LogP contribution is -2.13. The summed E-state index contributed by atoms with van der Waals surface area (Å²) in [4.78, 5) is 0. The molecule has 2 nitrogen and oxygen atoms in total. The monoisotopic (exact) mass is 221 g/mol. The molecule has 0 aliphatic heterocycles. The van der Waals surface area contributed by atoms with Gasteiger partial charge in [0, 0.05) is 0 Å². The Balaban J connectivity index is 3.16. The minimum atomic E-state index is -0.0203. The van der Waals surface area contributed by atoms with Crippen LogP contribution in [0.4, 0.5) is 0 Å². The van der Waals surface area contributed by atoms with Gasteiger partial charge in [0.05, 0.1) is 0 Å². The lowest BCUT2D eigenvalue weighted by atomic mass is 9.83. The molecule has 0 aliphatic carbocycles. The molecule has 0 aromatic heterocycles. The van der Waals surface area contributed by atoms with Gasteiger partial charge in [0.15, 0.2) is 0 Å². The van der Waals surface area contributed by atoms with Gasteiger partial charge in [0.1, 0.15) is 5.75 Å². The summed E-state index contributed by atoms with van der Waals surface area (Å²) in [6.07, 6.45) is 1.77. The fraction of sp³-hybridized carbons (Fsp3) is 0.571. The molecule has 0 unspecified atom stereocenters. The van der Waals surface area contributed by atoms with Crippen LogP contribution in [0.2, 0.25) is 0 Å². The summed E-state index contributed by atoms with van der Waals surface area (Å²) in [7, 11) is 0. The first-order chi connectivity index (χ1) is 7.36. The van der Waals surface area contributed by atoms with Gasteiger partial charge >= 0.3 is 0 Å². The highest BCUT2D eigenvalue weighted by molar-refractivity contribution is 5.46. The number of phenols is 1. The van der Waals surface area contributed by atoms with Crippen LogP contribution in [0.5, 0.6) is 5.75 Å². The summed E-state index contributed by atoms with van der Waals surface area (Å²) in [6.45, 7) is 9.09. The van der Waals surface area contributed by atoms with Gasteiger partial charge in [0.2, 0.25) is 0 Å². The van der Waals surface area contributed by atoms with Gasteiger partial charge in [-0.05, 0) is 42.9 Å². The summed E-state index contributed by atoms with van der Waals surface area (Å²) in [5.74, 6) is 0.451. The zero-order valence-corrected chi connectivity index (χ0v) is 10.8. The summed E-state index contributed by atoms with van der Waals surface area (Å²) in [6, 6.07) is 4.13. The zero-order valence-electron chi connectivity index (χ0n) is 10.8. The molecule has 2 heteroatoms. The van der Waals surface area contributed by atoms with Crippen molar-refractivity contribution in [2.24, 2.45) is 5.73 Å². The molecule has 0 atom stereocenters. The third-order valence-corrected chi connectivity index (χ3v) is 2.79. The number of phenolic OH excluding ortho intramolecular Hbond substituents is 1. The Kier molecular flexibility index (Phi) is 3.98. The molecule has 0 saturated heterocycles. The summed E-state index contributed by atoms with van der Waals surface area (Å²) >= 11 is 0. The molecule has 0 radical (unpaired) electrons. The SMILES string of the molecule is Cc1cc(CCCN)c(O)c(C(C)(C)C)c1. The molecular formula is C14H23NO. The molecule has 0 heterocycles. The van der Waals surface area contributed by atoms with Gasteiger partial charge in [0.25, 0.3) is 0 Å². The van der Waals surface area contributed by atoms with E-state index in [1.165, 1.54) is 5.56 Å². The van der Waals surface area contributed by atoms with Crippen LogP contribution in [0.3, 0.4) is 0 Å². The van der Waals surface area contributed by atoms with E-state index >= 15 is 0 Å². The number of nitrogens with two attached hydrogens (primary N) is 1. The Hall–Kier alpha value is -1.02. The maximum absolute atomic E-state index is 10.2. The maximum atomic E-state index is 10.2. The first-order valence-electron chi connectivity index (χ1n) is 5.89. The van der Waals surface area contributed by atoms with E-state index in [-0.39, 0.29) is 5.41 Å². The summed E-state index contributed by atoms with van der Waals surface area (Å²) < 4.78 is 0. The molecule has 0 aliphatic rings. The lowest BCUT2D eigenvalue weighted by molar-refractivity contribution is 0.439. The topological polar surface area (TPSA) is 46.2 Å². The molecule has 0 saturated carbocycles. The Morgan fingerprint density at radius 3 is 2.38 bits per heavy atom. The molecule has 0 spiro atoms. The highest BCUT2D eigenvalue weighted by Gasteiger charge is 2.20. The van der Waals surface area contributed by atoms with Gasteiger partial charge in [-0.25, -0.2) is 0 Å². The molecular weight excluding hydrogens is 198 g/mol. The van der Waals surface area contributed by atoms with Crippen LogP contribution in [0.25, 0.3) is 0 Å². The first kappa shape index (κ1) is 13.0. The van der Waals surface area contributed by atoms with E-state index < -0.39 is 0 Å². The van der Waals surface area contributed by atoms with Crippen molar-refractivity contribution >= 4 is 0 Å². The van der Waals surface area contributed by atoms with Crippen molar-refractivity contribution in [3.63, 3.8) is 0 Å². The van der Waals surface area contributed by atoms with Crippen molar-refractivity contribution < 1.29 is 5.11 Å². The van der Waals surface area contributed by atoms with Gasteiger partial charge < -0.3 is 10.8 Å². The molecule has 1 rings (SSSR count). The molecule has 0 bridgehead atoms. The first-order valence-corrected chi connectivity index (χ1v) is 5.89. The Morgan fingerprint density at radius 1 is 1.25 bits per heavy atom. The van der Waals surface area contributed by atoms with E-state index in [0.29, 0.717) is 12.3 Å². The van der Waals surface area contributed by atoms with Crippen LogP contribution in [-0.2, 0) is 11.8 Å². The third kappa shape index (κ3) is 2.99. The quantitative estimate of drug-likeness (QED) is 0.824. The van der Waals surface area contributed by atoms with Crippen molar-refractivity contribution in [1.82, 2.24) is 0 Å². The molecule has 3 N–H and O–H groups in total. The van der Waals surface area contributed by atoms with E-state index in [1.54, 1.807) is 0 Å². The summed E-state index contributed by atoms with van der Waals surface area (Å²) in [5.41, 5.74) is 8.74. The number of hydrogen-bond donors (Lipinski definition) is 2. The number of rotatable bonds is 3. The van der Waals surface area contributed by atoms with Crippen molar-refractivity contribution in [1.29, 1.82) is 0 Å². The van der Waals surface area contributed by atoms with Crippen molar-refractivity contribution in [3.05, 3.63) is 28.8 Å². The van der Waals surface area contributed by atoms with Crippen LogP contribution in [0, 0.1) is 6.92 Å².